The average molecular weight is 335 g/mol. The predicted molar refractivity (Wildman–Crippen MR) is 86.2 cm³/mol. The molecular weight excluding hydrogens is 314 g/mol. The second-order valence-corrected chi connectivity index (χ2v) is 6.83. The highest BCUT2D eigenvalue weighted by Gasteiger charge is 2.32. The van der Waals surface area contributed by atoms with Gasteiger partial charge < -0.3 is 14.6 Å². The van der Waals surface area contributed by atoms with Gasteiger partial charge in [-0.25, -0.2) is 0 Å². The summed E-state index contributed by atoms with van der Waals surface area (Å²) in [6.07, 6.45) is 1.75. The monoisotopic (exact) mass is 335 g/mol. The lowest BCUT2D eigenvalue weighted by Gasteiger charge is -2.29. The van der Waals surface area contributed by atoms with E-state index in [0.29, 0.717) is 24.9 Å². The zero-order valence-electron chi connectivity index (χ0n) is 13.3. The molecule has 0 spiro atoms. The van der Waals surface area contributed by atoms with Crippen LogP contribution in [0.4, 0.5) is 0 Å². The number of hydrogen-bond acceptors (Lipinski definition) is 6. The highest BCUT2D eigenvalue weighted by atomic mass is 32.1. The van der Waals surface area contributed by atoms with Crippen molar-refractivity contribution in [3.05, 3.63) is 34.1 Å². The molecular formula is C16H21N3O3S. The molecule has 1 N–H and O–H groups in total. The normalized spacial score (nSPS) is 18.5. The van der Waals surface area contributed by atoms with Gasteiger partial charge in [0.1, 0.15) is 6.04 Å². The zero-order chi connectivity index (χ0) is 16.2. The molecule has 0 radical (unpaired) electrons. The Morgan fingerprint density at radius 3 is 2.83 bits per heavy atom. The molecule has 23 heavy (non-hydrogen) atoms. The first-order chi connectivity index (χ1) is 11.1. The topological polar surface area (TPSA) is 77.2 Å². The van der Waals surface area contributed by atoms with Crippen molar-refractivity contribution in [1.82, 2.24) is 15.5 Å². The van der Waals surface area contributed by atoms with Crippen LogP contribution in [0.1, 0.15) is 48.3 Å². The Morgan fingerprint density at radius 1 is 1.43 bits per heavy atom. The van der Waals surface area contributed by atoms with Crippen LogP contribution in [-0.2, 0) is 9.53 Å². The van der Waals surface area contributed by atoms with Gasteiger partial charge in [-0.3, -0.25) is 4.79 Å². The molecule has 1 fully saturated rings. The number of carbonyl (C=O) groups is 1. The maximum Gasteiger partial charge on any atom is 0.249 e. The molecule has 3 rings (SSSR count). The Balaban J connectivity index is 1.76. The van der Waals surface area contributed by atoms with Gasteiger partial charge in [0.25, 0.3) is 0 Å². The van der Waals surface area contributed by atoms with E-state index in [1.54, 1.807) is 18.3 Å². The van der Waals surface area contributed by atoms with Crippen LogP contribution in [0.25, 0.3) is 0 Å². The summed E-state index contributed by atoms with van der Waals surface area (Å²) in [6, 6.07) is 3.69. The van der Waals surface area contributed by atoms with Crippen LogP contribution in [0.2, 0.25) is 0 Å². The van der Waals surface area contributed by atoms with E-state index in [0.717, 1.165) is 17.7 Å². The van der Waals surface area contributed by atoms with Crippen molar-refractivity contribution in [1.29, 1.82) is 0 Å². The molecule has 124 valence electrons. The van der Waals surface area contributed by atoms with Crippen LogP contribution in [0.5, 0.6) is 0 Å². The first kappa shape index (κ1) is 16.1. The van der Waals surface area contributed by atoms with Gasteiger partial charge in [-0.15, -0.1) is 11.3 Å². The molecule has 7 heteroatoms. The number of ether oxygens (including phenoxy) is 1. The summed E-state index contributed by atoms with van der Waals surface area (Å²) in [5.74, 6) is 1.11. The molecule has 2 aromatic rings. The van der Waals surface area contributed by atoms with Crippen molar-refractivity contribution in [3.8, 4) is 0 Å². The van der Waals surface area contributed by atoms with Gasteiger partial charge in [-0.2, -0.15) is 4.98 Å². The van der Waals surface area contributed by atoms with E-state index in [4.69, 9.17) is 9.26 Å². The van der Waals surface area contributed by atoms with Crippen LogP contribution < -0.4 is 5.32 Å². The van der Waals surface area contributed by atoms with Gasteiger partial charge in [0, 0.05) is 18.1 Å². The summed E-state index contributed by atoms with van der Waals surface area (Å²) < 4.78 is 10.8. The highest BCUT2D eigenvalue weighted by Crippen LogP contribution is 2.30. The fraction of sp³-hybridized carbons (Fsp3) is 0.562. The predicted octanol–water partition coefficient (Wildman–Crippen LogP) is 2.83. The molecule has 6 nitrogen and oxygen atoms in total. The second-order valence-electron chi connectivity index (χ2n) is 5.85. The molecule has 0 unspecified atom stereocenters. The van der Waals surface area contributed by atoms with Crippen molar-refractivity contribution < 1.29 is 14.1 Å². The Labute approximate surface area is 139 Å². The number of hydrogen-bond donors (Lipinski definition) is 1. The smallest absolute Gasteiger partial charge is 0.249 e. The largest absolute Gasteiger partial charge is 0.381 e. The summed E-state index contributed by atoms with van der Waals surface area (Å²) in [6.45, 7) is 5.10. The van der Waals surface area contributed by atoms with E-state index in [-0.39, 0.29) is 23.8 Å². The average Bonchev–Trinajstić information content (AvgIpc) is 3.24. The third kappa shape index (κ3) is 3.79. The second kappa shape index (κ2) is 7.23. The minimum atomic E-state index is -0.255. The van der Waals surface area contributed by atoms with Crippen molar-refractivity contribution in [3.63, 3.8) is 0 Å². The fourth-order valence-corrected chi connectivity index (χ4v) is 3.60. The van der Waals surface area contributed by atoms with Gasteiger partial charge in [-0.05, 0) is 44.1 Å². The number of thiophene rings is 1. The Bertz CT molecular complexity index is 635. The van der Waals surface area contributed by atoms with E-state index in [2.05, 4.69) is 15.5 Å². The molecule has 2 atom stereocenters. The van der Waals surface area contributed by atoms with E-state index in [1.807, 2.05) is 24.4 Å². The van der Waals surface area contributed by atoms with Crippen molar-refractivity contribution in [2.75, 3.05) is 13.2 Å². The van der Waals surface area contributed by atoms with Crippen LogP contribution >= 0.6 is 11.3 Å². The number of amides is 1. The number of aryl methyl sites for hydroxylation is 1. The maximum atomic E-state index is 12.6. The Hall–Kier alpha value is -1.73. The molecule has 0 aliphatic carbocycles. The van der Waals surface area contributed by atoms with Crippen molar-refractivity contribution in [2.24, 2.45) is 5.92 Å². The molecule has 2 aromatic heterocycles. The summed E-state index contributed by atoms with van der Waals surface area (Å²) >= 11 is 1.59. The SMILES string of the molecule is Cc1noc([C@H](NC(=O)[C@H](C)c2cccs2)C2CCOCC2)n1. The fourth-order valence-electron chi connectivity index (χ4n) is 2.81. The van der Waals surface area contributed by atoms with Gasteiger partial charge in [-0.1, -0.05) is 11.2 Å². The van der Waals surface area contributed by atoms with Gasteiger partial charge in [0.15, 0.2) is 5.82 Å². The minimum absolute atomic E-state index is 0.0141. The van der Waals surface area contributed by atoms with Gasteiger partial charge in [0.2, 0.25) is 11.8 Å². The van der Waals surface area contributed by atoms with Gasteiger partial charge in [0.05, 0.1) is 5.92 Å². The first-order valence-corrected chi connectivity index (χ1v) is 8.75. The molecule has 1 saturated heterocycles. The number of carbonyl (C=O) groups excluding carboxylic acids is 1. The Kier molecular flexibility index (Phi) is 5.07. The molecule has 0 saturated carbocycles. The molecule has 0 aromatic carbocycles. The molecule has 0 bridgehead atoms. The zero-order valence-corrected chi connectivity index (χ0v) is 14.1. The number of nitrogens with zero attached hydrogens (tertiary/aromatic N) is 2. The highest BCUT2D eigenvalue weighted by molar-refractivity contribution is 7.10. The van der Waals surface area contributed by atoms with Crippen LogP contribution in [0.15, 0.2) is 22.0 Å². The molecule has 1 amide bonds. The van der Waals surface area contributed by atoms with Crippen LogP contribution in [0.3, 0.4) is 0 Å². The maximum absolute atomic E-state index is 12.6. The van der Waals surface area contributed by atoms with E-state index < -0.39 is 0 Å². The van der Waals surface area contributed by atoms with Crippen molar-refractivity contribution in [2.45, 2.75) is 38.6 Å². The number of aromatic nitrogens is 2. The van der Waals surface area contributed by atoms with E-state index in [1.165, 1.54) is 0 Å². The van der Waals surface area contributed by atoms with Crippen LogP contribution in [-0.4, -0.2) is 29.3 Å². The number of rotatable bonds is 5. The minimum Gasteiger partial charge on any atom is -0.381 e. The standard InChI is InChI=1S/C16H21N3O3S/c1-10(13-4-3-9-23-13)15(20)18-14(12-5-7-21-8-6-12)16-17-11(2)19-22-16/h3-4,9-10,12,14H,5-8H2,1-2H3,(H,18,20)/t10-,14-/m1/s1. The van der Waals surface area contributed by atoms with E-state index in [9.17, 15) is 4.79 Å². The van der Waals surface area contributed by atoms with E-state index >= 15 is 0 Å². The third-order valence-electron chi connectivity index (χ3n) is 4.21. The quantitative estimate of drug-likeness (QED) is 0.909. The summed E-state index contributed by atoms with van der Waals surface area (Å²) in [7, 11) is 0. The molecule has 1 aliphatic heterocycles. The van der Waals surface area contributed by atoms with Crippen LogP contribution in [0, 0.1) is 12.8 Å². The lowest BCUT2D eigenvalue weighted by atomic mass is 9.91. The van der Waals surface area contributed by atoms with Crippen molar-refractivity contribution >= 4 is 17.2 Å². The lowest BCUT2D eigenvalue weighted by molar-refractivity contribution is -0.123. The summed E-state index contributed by atoms with van der Waals surface area (Å²) in [5, 5.41) is 8.97. The first-order valence-electron chi connectivity index (χ1n) is 7.87. The lowest BCUT2D eigenvalue weighted by Crippen LogP contribution is -2.38. The summed E-state index contributed by atoms with van der Waals surface area (Å²) in [5.41, 5.74) is 0. The third-order valence-corrected chi connectivity index (χ3v) is 5.26. The molecule has 3 heterocycles. The summed E-state index contributed by atoms with van der Waals surface area (Å²) in [4.78, 5) is 18.0. The Morgan fingerprint density at radius 2 is 2.22 bits per heavy atom. The molecule has 1 aliphatic rings. The van der Waals surface area contributed by atoms with Gasteiger partial charge >= 0.3 is 0 Å². The number of nitrogens with one attached hydrogen (secondary N) is 1.